The van der Waals surface area contributed by atoms with E-state index in [1.807, 2.05) is 30.6 Å². The van der Waals surface area contributed by atoms with Crippen LogP contribution in [0.3, 0.4) is 0 Å². The third kappa shape index (κ3) is 6.23. The Labute approximate surface area is 193 Å². The van der Waals surface area contributed by atoms with Gasteiger partial charge in [0.1, 0.15) is 5.82 Å². The summed E-state index contributed by atoms with van der Waals surface area (Å²) in [5.74, 6) is 5.41. The molecule has 0 saturated carbocycles. The van der Waals surface area contributed by atoms with Gasteiger partial charge in [0.05, 0.1) is 0 Å². The van der Waals surface area contributed by atoms with Crippen LogP contribution in [0, 0.1) is 23.5 Å². The van der Waals surface area contributed by atoms with Gasteiger partial charge < -0.3 is 0 Å². The van der Waals surface area contributed by atoms with E-state index in [9.17, 15) is 8.78 Å². The summed E-state index contributed by atoms with van der Waals surface area (Å²) in [6.45, 7) is 2.21. The number of halogens is 2. The Hall–Kier alpha value is -3.58. The molecule has 0 atom stereocenters. The topological polar surface area (TPSA) is 25.8 Å². The van der Waals surface area contributed by atoms with Crippen molar-refractivity contribution in [3.63, 3.8) is 0 Å². The second kappa shape index (κ2) is 10.8. The SMILES string of the molecule is CCCCCc1cnc(CCc2ccc(C#Cc3ccc4cc(F)c(F)cc4c3)cc2)nc1. The van der Waals surface area contributed by atoms with Crippen LogP contribution in [0.1, 0.15) is 54.3 Å². The molecule has 1 aromatic heterocycles. The Morgan fingerprint density at radius 2 is 1.33 bits per heavy atom. The smallest absolute Gasteiger partial charge is 0.159 e. The first-order chi connectivity index (χ1) is 16.1. The molecule has 2 nitrogen and oxygen atoms in total. The fourth-order valence-corrected chi connectivity index (χ4v) is 3.69. The molecule has 33 heavy (non-hydrogen) atoms. The summed E-state index contributed by atoms with van der Waals surface area (Å²) in [5.41, 5.74) is 4.07. The number of hydrogen-bond acceptors (Lipinski definition) is 2. The number of rotatable bonds is 7. The van der Waals surface area contributed by atoms with Crippen LogP contribution in [0.2, 0.25) is 0 Å². The minimum Gasteiger partial charge on any atom is -0.241 e. The molecule has 0 saturated heterocycles. The van der Waals surface area contributed by atoms with Gasteiger partial charge in [0.15, 0.2) is 11.6 Å². The number of nitrogens with zero attached hydrogens (tertiary/aromatic N) is 2. The minimum absolute atomic E-state index is 0.632. The molecule has 0 unspecified atom stereocenters. The summed E-state index contributed by atoms with van der Waals surface area (Å²) >= 11 is 0. The first kappa shape index (κ1) is 22.6. The lowest BCUT2D eigenvalue weighted by atomic mass is 10.1. The van der Waals surface area contributed by atoms with Crippen molar-refractivity contribution in [2.45, 2.75) is 45.4 Å². The van der Waals surface area contributed by atoms with E-state index >= 15 is 0 Å². The van der Waals surface area contributed by atoms with Gasteiger partial charge in [-0.2, -0.15) is 0 Å². The molecule has 0 spiro atoms. The number of fused-ring (bicyclic) bond motifs is 1. The van der Waals surface area contributed by atoms with E-state index in [-0.39, 0.29) is 0 Å². The van der Waals surface area contributed by atoms with Crippen molar-refractivity contribution in [3.8, 4) is 11.8 Å². The molecule has 0 amide bonds. The van der Waals surface area contributed by atoms with Crippen LogP contribution in [-0.4, -0.2) is 9.97 Å². The van der Waals surface area contributed by atoms with Crippen molar-refractivity contribution in [2.24, 2.45) is 0 Å². The molecule has 0 N–H and O–H groups in total. The summed E-state index contributed by atoms with van der Waals surface area (Å²) < 4.78 is 26.9. The van der Waals surface area contributed by atoms with Gasteiger partial charge in [-0.25, -0.2) is 18.7 Å². The maximum atomic E-state index is 13.5. The molecule has 0 bridgehead atoms. The Morgan fingerprint density at radius 3 is 2.06 bits per heavy atom. The molecular weight excluding hydrogens is 414 g/mol. The van der Waals surface area contributed by atoms with Gasteiger partial charge in [-0.3, -0.25) is 0 Å². The van der Waals surface area contributed by atoms with Crippen LogP contribution in [0.15, 0.2) is 67.0 Å². The molecule has 4 aromatic rings. The van der Waals surface area contributed by atoms with E-state index < -0.39 is 11.6 Å². The molecule has 0 radical (unpaired) electrons. The monoisotopic (exact) mass is 440 g/mol. The van der Waals surface area contributed by atoms with Gasteiger partial charge in [-0.05, 0) is 77.6 Å². The Morgan fingerprint density at radius 1 is 0.667 bits per heavy atom. The molecule has 1 heterocycles. The molecule has 3 aromatic carbocycles. The first-order valence-electron chi connectivity index (χ1n) is 11.4. The third-order valence-corrected chi connectivity index (χ3v) is 5.65. The lowest BCUT2D eigenvalue weighted by Crippen LogP contribution is -1.99. The number of aromatic nitrogens is 2. The third-order valence-electron chi connectivity index (χ3n) is 5.65. The van der Waals surface area contributed by atoms with E-state index in [0.717, 1.165) is 36.2 Å². The molecule has 166 valence electrons. The zero-order chi connectivity index (χ0) is 23.0. The van der Waals surface area contributed by atoms with Crippen molar-refractivity contribution in [3.05, 3.63) is 107 Å². The Balaban J connectivity index is 1.35. The molecular formula is C29H26F2N2. The van der Waals surface area contributed by atoms with Gasteiger partial charge in [-0.15, -0.1) is 0 Å². The molecule has 4 rings (SSSR count). The average molecular weight is 441 g/mol. The first-order valence-corrected chi connectivity index (χ1v) is 11.4. The van der Waals surface area contributed by atoms with Crippen LogP contribution >= 0.6 is 0 Å². The highest BCUT2D eigenvalue weighted by molar-refractivity contribution is 5.84. The quantitative estimate of drug-likeness (QED) is 0.233. The summed E-state index contributed by atoms with van der Waals surface area (Å²) in [6.07, 6.45) is 10.3. The standard InChI is InChI=1S/C29H26F2N2/c1-2-3-4-5-24-19-32-29(33-20-24)15-13-22-8-6-21(7-9-22)10-11-23-12-14-25-17-27(30)28(31)18-26(25)16-23/h6-9,12,14,16-20H,2-5,13,15H2,1H3. The summed E-state index contributed by atoms with van der Waals surface area (Å²) in [5, 5.41) is 1.28. The van der Waals surface area contributed by atoms with E-state index in [4.69, 9.17) is 0 Å². The van der Waals surface area contributed by atoms with Gasteiger partial charge in [0.25, 0.3) is 0 Å². The van der Waals surface area contributed by atoms with Gasteiger partial charge in [0.2, 0.25) is 0 Å². The Kier molecular flexibility index (Phi) is 7.42. The van der Waals surface area contributed by atoms with Crippen molar-refractivity contribution >= 4 is 10.8 Å². The molecule has 0 aliphatic heterocycles. The predicted octanol–water partition coefficient (Wildman–Crippen LogP) is 6.83. The molecule has 0 aliphatic carbocycles. The van der Waals surface area contributed by atoms with Gasteiger partial charge in [-0.1, -0.05) is 49.8 Å². The number of aryl methyl sites for hydroxylation is 3. The second-order valence-electron chi connectivity index (χ2n) is 8.24. The predicted molar refractivity (Wildman–Crippen MR) is 129 cm³/mol. The van der Waals surface area contributed by atoms with Gasteiger partial charge >= 0.3 is 0 Å². The van der Waals surface area contributed by atoms with E-state index in [1.165, 1.54) is 42.5 Å². The van der Waals surface area contributed by atoms with Crippen LogP contribution < -0.4 is 0 Å². The van der Waals surface area contributed by atoms with E-state index in [1.54, 1.807) is 12.1 Å². The maximum absolute atomic E-state index is 13.5. The highest BCUT2D eigenvalue weighted by Gasteiger charge is 2.04. The zero-order valence-electron chi connectivity index (χ0n) is 18.7. The van der Waals surface area contributed by atoms with Gasteiger partial charge in [0, 0.05) is 29.9 Å². The lowest BCUT2D eigenvalue weighted by Gasteiger charge is -2.03. The lowest BCUT2D eigenvalue weighted by molar-refractivity contribution is 0.511. The highest BCUT2D eigenvalue weighted by atomic mass is 19.2. The average Bonchev–Trinajstić information content (AvgIpc) is 2.84. The van der Waals surface area contributed by atoms with Crippen molar-refractivity contribution < 1.29 is 8.78 Å². The fraction of sp³-hybridized carbons (Fsp3) is 0.241. The van der Waals surface area contributed by atoms with E-state index in [2.05, 4.69) is 40.9 Å². The minimum atomic E-state index is -0.850. The normalized spacial score (nSPS) is 10.8. The molecule has 0 fully saturated rings. The van der Waals surface area contributed by atoms with Crippen LogP contribution in [0.4, 0.5) is 8.78 Å². The summed E-state index contributed by atoms with van der Waals surface area (Å²) in [6, 6.07) is 15.9. The summed E-state index contributed by atoms with van der Waals surface area (Å²) in [7, 11) is 0. The molecule has 4 heteroatoms. The zero-order valence-corrected chi connectivity index (χ0v) is 18.7. The van der Waals surface area contributed by atoms with Crippen molar-refractivity contribution in [1.29, 1.82) is 0 Å². The highest BCUT2D eigenvalue weighted by Crippen LogP contribution is 2.20. The fourth-order valence-electron chi connectivity index (χ4n) is 3.69. The van der Waals surface area contributed by atoms with Crippen LogP contribution in [0.25, 0.3) is 10.8 Å². The second-order valence-corrected chi connectivity index (χ2v) is 8.24. The number of unbranched alkanes of at least 4 members (excludes halogenated alkanes) is 2. The van der Waals surface area contributed by atoms with Crippen LogP contribution in [-0.2, 0) is 19.3 Å². The van der Waals surface area contributed by atoms with Crippen molar-refractivity contribution in [2.75, 3.05) is 0 Å². The summed E-state index contributed by atoms with van der Waals surface area (Å²) in [4.78, 5) is 9.01. The number of hydrogen-bond donors (Lipinski definition) is 0. The number of benzene rings is 3. The van der Waals surface area contributed by atoms with Crippen LogP contribution in [0.5, 0.6) is 0 Å². The largest absolute Gasteiger partial charge is 0.241 e. The maximum Gasteiger partial charge on any atom is 0.159 e. The Bertz CT molecular complexity index is 1280. The van der Waals surface area contributed by atoms with Crippen molar-refractivity contribution in [1.82, 2.24) is 9.97 Å². The van der Waals surface area contributed by atoms with E-state index in [0.29, 0.717) is 10.8 Å². The molecule has 0 aliphatic rings.